The maximum Gasteiger partial charge on any atom is 0.0608 e. The van der Waals surface area contributed by atoms with Crippen molar-refractivity contribution in [3.8, 4) is 0 Å². The smallest absolute Gasteiger partial charge is 0.0608 e. The van der Waals surface area contributed by atoms with Crippen LogP contribution in [0.4, 0.5) is 0 Å². The highest BCUT2D eigenvalue weighted by Crippen LogP contribution is 1.93. The summed E-state index contributed by atoms with van der Waals surface area (Å²) in [6.07, 6.45) is 0.593. The fourth-order valence-electron chi connectivity index (χ4n) is 1.15. The SMILES string of the molecule is CC(O)CCNN1CCOCC1. The van der Waals surface area contributed by atoms with E-state index in [1.807, 2.05) is 0 Å². The Kier molecular flexibility index (Phi) is 4.53. The summed E-state index contributed by atoms with van der Waals surface area (Å²) in [6, 6.07) is 0. The maximum absolute atomic E-state index is 9.00. The van der Waals surface area contributed by atoms with Gasteiger partial charge in [0.25, 0.3) is 0 Å². The van der Waals surface area contributed by atoms with Crippen LogP contribution >= 0.6 is 0 Å². The molecule has 12 heavy (non-hydrogen) atoms. The molecule has 0 radical (unpaired) electrons. The molecule has 0 saturated carbocycles. The quantitative estimate of drug-likeness (QED) is 0.608. The Hall–Kier alpha value is -0.160. The molecular formula is C8H18N2O2. The van der Waals surface area contributed by atoms with Gasteiger partial charge in [0.05, 0.1) is 19.3 Å². The zero-order chi connectivity index (χ0) is 8.81. The molecule has 2 N–H and O–H groups in total. The van der Waals surface area contributed by atoms with Crippen molar-refractivity contribution < 1.29 is 9.84 Å². The van der Waals surface area contributed by atoms with Gasteiger partial charge in [0.1, 0.15) is 0 Å². The molecule has 72 valence electrons. The number of hydrogen-bond acceptors (Lipinski definition) is 4. The van der Waals surface area contributed by atoms with E-state index in [2.05, 4.69) is 10.4 Å². The zero-order valence-electron chi connectivity index (χ0n) is 7.62. The summed E-state index contributed by atoms with van der Waals surface area (Å²) in [5.74, 6) is 0. The van der Waals surface area contributed by atoms with E-state index in [4.69, 9.17) is 9.84 Å². The molecule has 0 aromatic heterocycles. The van der Waals surface area contributed by atoms with Gasteiger partial charge >= 0.3 is 0 Å². The number of hydrogen-bond donors (Lipinski definition) is 2. The van der Waals surface area contributed by atoms with Gasteiger partial charge in [-0.3, -0.25) is 5.43 Å². The molecule has 0 aromatic carbocycles. The van der Waals surface area contributed by atoms with E-state index >= 15 is 0 Å². The second-order valence-corrected chi connectivity index (χ2v) is 3.15. The van der Waals surface area contributed by atoms with Gasteiger partial charge in [-0.05, 0) is 13.3 Å². The van der Waals surface area contributed by atoms with Gasteiger partial charge in [0.15, 0.2) is 0 Å². The molecule has 1 saturated heterocycles. The molecule has 1 unspecified atom stereocenters. The van der Waals surface area contributed by atoms with Crippen molar-refractivity contribution in [3.63, 3.8) is 0 Å². The van der Waals surface area contributed by atoms with Gasteiger partial charge in [0.2, 0.25) is 0 Å². The lowest BCUT2D eigenvalue weighted by Crippen LogP contribution is -2.46. The number of ether oxygens (including phenoxy) is 1. The van der Waals surface area contributed by atoms with Crippen LogP contribution in [0.2, 0.25) is 0 Å². The van der Waals surface area contributed by atoms with Crippen LogP contribution in [0, 0.1) is 0 Å². The maximum atomic E-state index is 9.00. The molecule has 4 heteroatoms. The van der Waals surface area contributed by atoms with Crippen LogP contribution < -0.4 is 5.43 Å². The third-order valence-electron chi connectivity index (χ3n) is 1.91. The number of morpholine rings is 1. The average molecular weight is 174 g/mol. The van der Waals surface area contributed by atoms with Crippen molar-refractivity contribution in [1.29, 1.82) is 0 Å². The van der Waals surface area contributed by atoms with Crippen molar-refractivity contribution in [2.24, 2.45) is 0 Å². The summed E-state index contributed by atoms with van der Waals surface area (Å²) in [7, 11) is 0. The molecule has 1 rings (SSSR count). The predicted octanol–water partition coefficient (Wildman–Crippen LogP) is -0.406. The molecule has 0 bridgehead atoms. The molecule has 4 nitrogen and oxygen atoms in total. The fraction of sp³-hybridized carbons (Fsp3) is 1.00. The third kappa shape index (κ3) is 4.01. The number of hydrazine groups is 1. The molecule has 0 aliphatic carbocycles. The Morgan fingerprint density at radius 1 is 1.50 bits per heavy atom. The topological polar surface area (TPSA) is 44.7 Å². The molecule has 1 aliphatic heterocycles. The van der Waals surface area contributed by atoms with Gasteiger partial charge in [0, 0.05) is 19.6 Å². The van der Waals surface area contributed by atoms with E-state index in [-0.39, 0.29) is 6.10 Å². The van der Waals surface area contributed by atoms with Crippen molar-refractivity contribution in [2.75, 3.05) is 32.8 Å². The van der Waals surface area contributed by atoms with Crippen molar-refractivity contribution in [1.82, 2.24) is 10.4 Å². The number of aliphatic hydroxyl groups excluding tert-OH is 1. The van der Waals surface area contributed by atoms with Gasteiger partial charge in [-0.1, -0.05) is 0 Å². The summed E-state index contributed by atoms with van der Waals surface area (Å²) in [6.45, 7) is 6.15. The summed E-state index contributed by atoms with van der Waals surface area (Å²) < 4.78 is 5.20. The lowest BCUT2D eigenvalue weighted by atomic mass is 10.3. The van der Waals surface area contributed by atoms with Crippen LogP contribution in [0.25, 0.3) is 0 Å². The molecular weight excluding hydrogens is 156 g/mol. The van der Waals surface area contributed by atoms with Crippen LogP contribution in [-0.2, 0) is 4.74 Å². The van der Waals surface area contributed by atoms with Gasteiger partial charge in [-0.2, -0.15) is 0 Å². The second kappa shape index (κ2) is 5.48. The first kappa shape index (κ1) is 9.92. The van der Waals surface area contributed by atoms with Crippen molar-refractivity contribution in [3.05, 3.63) is 0 Å². The van der Waals surface area contributed by atoms with Crippen LogP contribution in [0.15, 0.2) is 0 Å². The standard InChI is InChI=1S/C8H18N2O2/c1-8(11)2-3-9-10-4-6-12-7-5-10/h8-9,11H,2-7H2,1H3. The summed E-state index contributed by atoms with van der Waals surface area (Å²) in [5.41, 5.74) is 3.25. The molecule has 1 fully saturated rings. The highest BCUT2D eigenvalue weighted by molar-refractivity contribution is 4.58. The Labute approximate surface area is 73.5 Å². The lowest BCUT2D eigenvalue weighted by molar-refractivity contribution is 0.00995. The highest BCUT2D eigenvalue weighted by atomic mass is 16.5. The Morgan fingerprint density at radius 3 is 2.75 bits per heavy atom. The molecule has 0 spiro atoms. The van der Waals surface area contributed by atoms with Crippen LogP contribution in [-0.4, -0.2) is 49.1 Å². The number of nitrogens with one attached hydrogen (secondary N) is 1. The van der Waals surface area contributed by atoms with Gasteiger partial charge in [-0.15, -0.1) is 0 Å². The number of rotatable bonds is 4. The van der Waals surface area contributed by atoms with E-state index in [1.54, 1.807) is 6.92 Å². The molecule has 1 aliphatic rings. The van der Waals surface area contributed by atoms with Crippen LogP contribution in [0.3, 0.4) is 0 Å². The van der Waals surface area contributed by atoms with Crippen LogP contribution in [0.1, 0.15) is 13.3 Å². The Balaban J connectivity index is 1.98. The second-order valence-electron chi connectivity index (χ2n) is 3.15. The first-order valence-corrected chi connectivity index (χ1v) is 4.53. The molecule has 1 atom stereocenters. The predicted molar refractivity (Wildman–Crippen MR) is 46.7 cm³/mol. The van der Waals surface area contributed by atoms with E-state index in [0.29, 0.717) is 0 Å². The first-order chi connectivity index (χ1) is 5.79. The van der Waals surface area contributed by atoms with Crippen molar-refractivity contribution >= 4 is 0 Å². The molecule has 0 amide bonds. The monoisotopic (exact) mass is 174 g/mol. The minimum Gasteiger partial charge on any atom is -0.393 e. The molecule has 1 heterocycles. The highest BCUT2D eigenvalue weighted by Gasteiger charge is 2.08. The average Bonchev–Trinajstić information content (AvgIpc) is 2.05. The normalized spacial score (nSPS) is 22.5. The largest absolute Gasteiger partial charge is 0.393 e. The van der Waals surface area contributed by atoms with E-state index in [1.165, 1.54) is 0 Å². The first-order valence-electron chi connectivity index (χ1n) is 4.53. The minimum atomic E-state index is -0.210. The fourth-order valence-corrected chi connectivity index (χ4v) is 1.15. The van der Waals surface area contributed by atoms with E-state index < -0.39 is 0 Å². The number of nitrogens with zero attached hydrogens (tertiary/aromatic N) is 1. The van der Waals surface area contributed by atoms with Gasteiger partial charge < -0.3 is 9.84 Å². The Morgan fingerprint density at radius 2 is 2.17 bits per heavy atom. The Bertz CT molecular complexity index is 114. The van der Waals surface area contributed by atoms with E-state index in [9.17, 15) is 0 Å². The summed E-state index contributed by atoms with van der Waals surface area (Å²) >= 11 is 0. The number of aliphatic hydroxyl groups is 1. The summed E-state index contributed by atoms with van der Waals surface area (Å²) in [4.78, 5) is 0. The zero-order valence-corrected chi connectivity index (χ0v) is 7.62. The minimum absolute atomic E-state index is 0.210. The lowest BCUT2D eigenvalue weighted by Gasteiger charge is -2.27. The molecule has 0 aromatic rings. The summed E-state index contributed by atoms with van der Waals surface area (Å²) in [5, 5.41) is 11.1. The van der Waals surface area contributed by atoms with Crippen LogP contribution in [0.5, 0.6) is 0 Å². The van der Waals surface area contributed by atoms with Crippen molar-refractivity contribution in [2.45, 2.75) is 19.4 Å². The third-order valence-corrected chi connectivity index (χ3v) is 1.91. The van der Waals surface area contributed by atoms with E-state index in [0.717, 1.165) is 39.3 Å². The van der Waals surface area contributed by atoms with Gasteiger partial charge in [-0.25, -0.2) is 5.01 Å².